The molecule has 0 N–H and O–H groups in total. The van der Waals surface area contributed by atoms with E-state index in [2.05, 4.69) is 15.0 Å². The van der Waals surface area contributed by atoms with Gasteiger partial charge in [0.05, 0.1) is 18.1 Å². The molecule has 3 atom stereocenters. The number of alkyl halides is 3. The molecule has 2 bridgehead atoms. The lowest BCUT2D eigenvalue weighted by Gasteiger charge is -2.39. The Morgan fingerprint density at radius 1 is 1.15 bits per heavy atom. The van der Waals surface area contributed by atoms with E-state index in [-0.39, 0.29) is 36.8 Å². The molecule has 1 aromatic carbocycles. The third-order valence-corrected chi connectivity index (χ3v) is 7.04. The SMILES string of the molecule is Cc1ncc(-c2ccc3cnc(CC(=O)N4[C@@H]5CC[C@H]4CC(CCCC(F)(F)F)C5)nc3c2)o1. The Morgan fingerprint density at radius 2 is 1.91 bits per heavy atom. The maximum Gasteiger partial charge on any atom is 0.389 e. The lowest BCUT2D eigenvalue weighted by atomic mass is 9.86. The van der Waals surface area contributed by atoms with Gasteiger partial charge in [-0.05, 0) is 50.5 Å². The molecule has 4 heterocycles. The topological polar surface area (TPSA) is 72.1 Å². The summed E-state index contributed by atoms with van der Waals surface area (Å²) in [7, 11) is 0. The van der Waals surface area contributed by atoms with Crippen molar-refractivity contribution in [3.05, 3.63) is 42.3 Å². The largest absolute Gasteiger partial charge is 0.441 e. The van der Waals surface area contributed by atoms with Crippen molar-refractivity contribution in [1.29, 1.82) is 0 Å². The lowest BCUT2D eigenvalue weighted by molar-refractivity contribution is -0.137. The summed E-state index contributed by atoms with van der Waals surface area (Å²) in [6.45, 7) is 1.79. The fourth-order valence-corrected chi connectivity index (χ4v) is 5.55. The first-order valence-corrected chi connectivity index (χ1v) is 11.8. The van der Waals surface area contributed by atoms with Crippen molar-refractivity contribution in [3.8, 4) is 11.3 Å². The standard InChI is InChI=1S/C25H27F3N4O2/c1-15-29-14-22(34-15)17-4-5-18-13-30-23(31-21(18)11-17)12-24(33)32-19-6-7-20(32)10-16(9-19)3-2-8-25(26,27)28/h4-5,11,13-14,16,19-20H,2-3,6-10,12H2,1H3/t16?,19-,20+. The smallest absolute Gasteiger partial charge is 0.389 e. The van der Waals surface area contributed by atoms with E-state index in [1.807, 2.05) is 23.1 Å². The van der Waals surface area contributed by atoms with Gasteiger partial charge in [0, 0.05) is 42.6 Å². The molecule has 2 aliphatic heterocycles. The van der Waals surface area contributed by atoms with Crippen molar-refractivity contribution in [1.82, 2.24) is 19.9 Å². The molecule has 1 amide bonds. The van der Waals surface area contributed by atoms with Crippen molar-refractivity contribution >= 4 is 16.8 Å². The molecule has 1 unspecified atom stereocenters. The van der Waals surface area contributed by atoms with Crippen LogP contribution in [0, 0.1) is 12.8 Å². The molecule has 6 nitrogen and oxygen atoms in total. The average Bonchev–Trinajstić information content (AvgIpc) is 3.33. The number of rotatable bonds is 6. The van der Waals surface area contributed by atoms with Crippen LogP contribution in [-0.2, 0) is 11.2 Å². The molecular formula is C25H27F3N4O2. The summed E-state index contributed by atoms with van der Waals surface area (Å²) in [4.78, 5) is 28.3. The van der Waals surface area contributed by atoms with E-state index >= 15 is 0 Å². The molecule has 34 heavy (non-hydrogen) atoms. The number of hydrogen-bond donors (Lipinski definition) is 0. The van der Waals surface area contributed by atoms with Crippen molar-refractivity contribution in [2.24, 2.45) is 5.92 Å². The quantitative estimate of drug-likeness (QED) is 0.464. The minimum absolute atomic E-state index is 0.00241. The molecule has 180 valence electrons. The number of carbonyl (C=O) groups excluding carboxylic acids is 1. The van der Waals surface area contributed by atoms with Gasteiger partial charge in [-0.3, -0.25) is 4.79 Å². The summed E-state index contributed by atoms with van der Waals surface area (Å²) in [6.07, 6.45) is 2.87. The number of nitrogens with zero attached hydrogens (tertiary/aromatic N) is 4. The fourth-order valence-electron chi connectivity index (χ4n) is 5.55. The second kappa shape index (κ2) is 9.00. The number of benzene rings is 1. The number of aryl methyl sites for hydroxylation is 1. The zero-order valence-corrected chi connectivity index (χ0v) is 19.0. The zero-order valence-electron chi connectivity index (χ0n) is 19.0. The van der Waals surface area contributed by atoms with E-state index in [1.54, 1.807) is 19.3 Å². The van der Waals surface area contributed by atoms with Crippen LogP contribution < -0.4 is 0 Å². The summed E-state index contributed by atoms with van der Waals surface area (Å²) in [6, 6.07) is 5.97. The van der Waals surface area contributed by atoms with Gasteiger partial charge in [0.2, 0.25) is 5.91 Å². The first-order valence-electron chi connectivity index (χ1n) is 11.8. The second-order valence-electron chi connectivity index (χ2n) is 9.51. The molecule has 3 aromatic rings. The summed E-state index contributed by atoms with van der Waals surface area (Å²) < 4.78 is 43.1. The third kappa shape index (κ3) is 4.93. The maximum atomic E-state index is 13.2. The summed E-state index contributed by atoms with van der Waals surface area (Å²) in [5.41, 5.74) is 1.59. The predicted octanol–water partition coefficient (Wildman–Crippen LogP) is 5.64. The van der Waals surface area contributed by atoms with Crippen LogP contribution in [0.2, 0.25) is 0 Å². The Morgan fingerprint density at radius 3 is 2.59 bits per heavy atom. The minimum atomic E-state index is -4.09. The molecule has 2 fully saturated rings. The number of oxazole rings is 1. The first-order chi connectivity index (χ1) is 16.2. The number of fused-ring (bicyclic) bond motifs is 3. The molecule has 0 spiro atoms. The molecule has 0 aliphatic carbocycles. The Labute approximate surface area is 195 Å². The predicted molar refractivity (Wildman–Crippen MR) is 120 cm³/mol. The number of halogens is 3. The molecule has 2 saturated heterocycles. The van der Waals surface area contributed by atoms with Crippen LogP contribution in [0.1, 0.15) is 56.7 Å². The summed E-state index contributed by atoms with van der Waals surface area (Å²) in [5.74, 6) is 1.98. The zero-order chi connectivity index (χ0) is 23.9. The summed E-state index contributed by atoms with van der Waals surface area (Å²) >= 11 is 0. The van der Waals surface area contributed by atoms with E-state index < -0.39 is 12.6 Å². The fraction of sp³-hybridized carbons (Fsp3) is 0.520. The normalized spacial score (nSPS) is 22.5. The van der Waals surface area contributed by atoms with E-state index in [1.165, 1.54) is 0 Å². The molecule has 0 radical (unpaired) electrons. The van der Waals surface area contributed by atoms with Crippen LogP contribution in [0.15, 0.2) is 35.0 Å². The van der Waals surface area contributed by atoms with Gasteiger partial charge in [0.1, 0.15) is 5.82 Å². The van der Waals surface area contributed by atoms with Crippen molar-refractivity contribution in [3.63, 3.8) is 0 Å². The van der Waals surface area contributed by atoms with Crippen LogP contribution in [-0.4, -0.2) is 44.0 Å². The number of hydrogen-bond acceptors (Lipinski definition) is 5. The number of aromatic nitrogens is 3. The van der Waals surface area contributed by atoms with E-state index in [9.17, 15) is 18.0 Å². The van der Waals surface area contributed by atoms with Gasteiger partial charge in [0.25, 0.3) is 0 Å². The molecule has 9 heteroatoms. The molecule has 5 rings (SSSR count). The van der Waals surface area contributed by atoms with Gasteiger partial charge in [0.15, 0.2) is 11.7 Å². The third-order valence-electron chi connectivity index (χ3n) is 7.04. The molecular weight excluding hydrogens is 445 g/mol. The van der Waals surface area contributed by atoms with E-state index in [4.69, 9.17) is 4.42 Å². The van der Waals surface area contributed by atoms with E-state index in [0.717, 1.165) is 42.1 Å². The van der Waals surface area contributed by atoms with Gasteiger partial charge in [-0.25, -0.2) is 15.0 Å². The van der Waals surface area contributed by atoms with Crippen molar-refractivity contribution < 1.29 is 22.4 Å². The van der Waals surface area contributed by atoms with Gasteiger partial charge < -0.3 is 9.32 Å². The highest BCUT2D eigenvalue weighted by atomic mass is 19.4. The number of piperidine rings is 1. The van der Waals surface area contributed by atoms with Gasteiger partial charge in [-0.1, -0.05) is 12.1 Å². The highest BCUT2D eigenvalue weighted by Gasteiger charge is 2.43. The minimum Gasteiger partial charge on any atom is -0.441 e. The second-order valence-corrected chi connectivity index (χ2v) is 9.51. The Hall–Kier alpha value is -2.97. The van der Waals surface area contributed by atoms with Crippen LogP contribution in [0.4, 0.5) is 13.2 Å². The highest BCUT2D eigenvalue weighted by Crippen LogP contribution is 2.41. The lowest BCUT2D eigenvalue weighted by Crippen LogP contribution is -2.47. The molecule has 2 aliphatic rings. The van der Waals surface area contributed by atoms with Crippen LogP contribution in [0.25, 0.3) is 22.2 Å². The Balaban J connectivity index is 1.25. The van der Waals surface area contributed by atoms with Crippen molar-refractivity contribution in [2.45, 2.75) is 76.6 Å². The van der Waals surface area contributed by atoms with E-state index in [0.29, 0.717) is 23.9 Å². The van der Waals surface area contributed by atoms with Crippen LogP contribution >= 0.6 is 0 Å². The number of carbonyl (C=O) groups is 1. The monoisotopic (exact) mass is 472 g/mol. The average molecular weight is 473 g/mol. The van der Waals surface area contributed by atoms with Gasteiger partial charge in [-0.2, -0.15) is 13.2 Å². The highest BCUT2D eigenvalue weighted by molar-refractivity contribution is 5.84. The summed E-state index contributed by atoms with van der Waals surface area (Å²) in [5, 5.41) is 0.871. The Kier molecular flexibility index (Phi) is 6.04. The first kappa shape index (κ1) is 22.8. The molecule has 2 aromatic heterocycles. The van der Waals surface area contributed by atoms with Crippen LogP contribution in [0.5, 0.6) is 0 Å². The van der Waals surface area contributed by atoms with Gasteiger partial charge in [-0.15, -0.1) is 0 Å². The molecule has 0 saturated carbocycles. The van der Waals surface area contributed by atoms with Gasteiger partial charge >= 0.3 is 6.18 Å². The number of amides is 1. The van der Waals surface area contributed by atoms with Crippen molar-refractivity contribution in [2.75, 3.05) is 0 Å². The van der Waals surface area contributed by atoms with Crippen LogP contribution in [0.3, 0.4) is 0 Å². The maximum absolute atomic E-state index is 13.2. The Bertz CT molecular complexity index is 1180.